The van der Waals surface area contributed by atoms with E-state index in [9.17, 15) is 37.2 Å². The van der Waals surface area contributed by atoms with Gasteiger partial charge in [-0.25, -0.2) is 8.42 Å². The topological polar surface area (TPSA) is 204 Å². The van der Waals surface area contributed by atoms with Crippen molar-refractivity contribution in [2.45, 2.75) is 69.1 Å². The molecule has 17 heteroatoms. The summed E-state index contributed by atoms with van der Waals surface area (Å²) in [6, 6.07) is 13.1. The van der Waals surface area contributed by atoms with Crippen LogP contribution in [-0.2, 0) is 30.0 Å². The van der Waals surface area contributed by atoms with Gasteiger partial charge in [-0.2, -0.15) is 0 Å². The lowest BCUT2D eigenvalue weighted by molar-refractivity contribution is -0.136. The number of nitrogens with zero attached hydrogens (tertiary/aromatic N) is 1. The number of imide groups is 2. The Morgan fingerprint density at radius 2 is 1.58 bits per heavy atom. The second-order valence-electron chi connectivity index (χ2n) is 14.6. The summed E-state index contributed by atoms with van der Waals surface area (Å²) in [4.78, 5) is 80.4. The van der Waals surface area contributed by atoms with E-state index in [2.05, 4.69) is 26.3 Å². The zero-order valence-electron chi connectivity index (χ0n) is 32.1. The summed E-state index contributed by atoms with van der Waals surface area (Å²) < 4.78 is 26.9. The number of carbonyl (C=O) groups excluding carboxylic acids is 6. The first kappa shape index (κ1) is 41.4. The molecule has 306 valence electrons. The van der Waals surface area contributed by atoms with Crippen LogP contribution < -0.4 is 21.3 Å². The average molecular weight is 860 g/mol. The largest absolute Gasteiger partial charge is 0.385 e. The van der Waals surface area contributed by atoms with Gasteiger partial charge in [-0.3, -0.25) is 39.0 Å². The van der Waals surface area contributed by atoms with E-state index in [1.165, 1.54) is 12.1 Å². The average Bonchev–Trinajstić information content (AvgIpc) is 3.75. The molecule has 7 rings (SSSR count). The van der Waals surface area contributed by atoms with Crippen molar-refractivity contribution >= 4 is 91.5 Å². The van der Waals surface area contributed by atoms with Gasteiger partial charge < -0.3 is 20.9 Å². The number of fused-ring (bicyclic) bond motifs is 2. The van der Waals surface area contributed by atoms with E-state index in [0.717, 1.165) is 30.6 Å². The summed E-state index contributed by atoms with van der Waals surface area (Å²) in [7, 11) is -3.89. The lowest BCUT2D eigenvalue weighted by Crippen LogP contribution is -2.54. The highest BCUT2D eigenvalue weighted by Crippen LogP contribution is 2.37. The molecule has 0 spiro atoms. The summed E-state index contributed by atoms with van der Waals surface area (Å²) in [5, 5.41) is 11.7. The quantitative estimate of drug-likeness (QED) is 0.0555. The van der Waals surface area contributed by atoms with E-state index in [1.54, 1.807) is 62.4 Å². The Hall–Kier alpha value is -5.77. The van der Waals surface area contributed by atoms with Crippen LogP contribution in [0, 0.1) is 13.8 Å². The molecule has 1 saturated heterocycles. The molecule has 0 aliphatic carbocycles. The van der Waals surface area contributed by atoms with E-state index in [-0.39, 0.29) is 56.0 Å². The van der Waals surface area contributed by atoms with Crippen LogP contribution in [-0.4, -0.2) is 72.9 Å². The van der Waals surface area contributed by atoms with Crippen LogP contribution in [0.3, 0.4) is 0 Å². The van der Waals surface area contributed by atoms with Gasteiger partial charge in [-0.15, -0.1) is 0 Å². The molecule has 3 aliphatic rings. The van der Waals surface area contributed by atoms with E-state index in [0.29, 0.717) is 52.5 Å². The summed E-state index contributed by atoms with van der Waals surface area (Å²) in [5.74, 6) is -3.27. The molecule has 14 nitrogen and oxygen atoms in total. The normalized spacial score (nSPS) is 16.9. The second-order valence-corrected chi connectivity index (χ2v) is 17.5. The predicted molar refractivity (Wildman–Crippen MR) is 223 cm³/mol. The number of halogens is 2. The molecule has 1 atom stereocenters. The van der Waals surface area contributed by atoms with Gasteiger partial charge >= 0.3 is 0 Å². The maximum absolute atomic E-state index is 13.4. The number of anilines is 2. The number of aromatic nitrogens is 1. The smallest absolute Gasteiger partial charge is 0.262 e. The molecule has 3 aliphatic heterocycles. The molecule has 0 radical (unpaired) electrons. The fourth-order valence-electron chi connectivity index (χ4n) is 7.56. The maximum atomic E-state index is 13.4. The number of sulfone groups is 1. The van der Waals surface area contributed by atoms with Crippen molar-refractivity contribution in [2.75, 3.05) is 23.7 Å². The zero-order chi connectivity index (χ0) is 42.2. The molecule has 1 unspecified atom stereocenters. The number of unbranched alkanes of at least 4 members (excludes halogenated alkanes) is 3. The van der Waals surface area contributed by atoms with Crippen molar-refractivity contribution in [2.24, 2.45) is 0 Å². The molecule has 1 fully saturated rings. The number of nitrogens with one attached hydrogen (secondary N) is 5. The first-order valence-electron chi connectivity index (χ1n) is 19.0. The molecule has 3 aromatic carbocycles. The number of hydrogen-bond donors (Lipinski definition) is 5. The molecule has 0 bridgehead atoms. The standard InChI is InChI=1S/C42H40Cl2N6O8S/c1-22-34(20-28-27-19-25(11-13-33(27)48-38(28)52)59(57,58)21-30-31(43)8-7-9-32(30)44)47-23(2)37(22)40(54)46-17-6-4-3-5-16-45-24-10-12-26-29(18-24)42(56)50(41(26)55)35-14-15-36(51)49-39(35)53/h7-13,18-20,35,45,47H,3-6,14-17,21H2,1-2H3,(H,46,54)(H,48,52)(H,49,51,53). The van der Waals surface area contributed by atoms with Gasteiger partial charge in [0, 0.05) is 63.4 Å². The fraction of sp³-hybridized carbons (Fsp3) is 0.286. The molecule has 6 amide bonds. The molecular weight excluding hydrogens is 819 g/mol. The molecule has 5 N–H and O–H groups in total. The summed E-state index contributed by atoms with van der Waals surface area (Å²) >= 11 is 12.5. The molecule has 59 heavy (non-hydrogen) atoms. The Morgan fingerprint density at radius 3 is 2.31 bits per heavy atom. The maximum Gasteiger partial charge on any atom is 0.262 e. The minimum atomic E-state index is -3.89. The van der Waals surface area contributed by atoms with Crippen molar-refractivity contribution in [3.63, 3.8) is 0 Å². The Kier molecular flexibility index (Phi) is 11.8. The van der Waals surface area contributed by atoms with Crippen LogP contribution in [0.1, 0.15) is 97.7 Å². The molecular formula is C42H40Cl2N6O8S. The SMILES string of the molecule is Cc1[nH]c(C=C2C(=O)Nc3ccc(S(=O)(=O)Cc4c(Cl)cccc4Cl)cc32)c(C)c1C(=O)NCCCCCCNc1ccc2c(c1)C(=O)N(C1CCC(=O)NC1=O)C2=O. The Labute approximate surface area is 350 Å². The number of benzene rings is 3. The van der Waals surface area contributed by atoms with E-state index >= 15 is 0 Å². The van der Waals surface area contributed by atoms with Crippen molar-refractivity contribution in [3.8, 4) is 0 Å². The summed E-state index contributed by atoms with van der Waals surface area (Å²) in [6.45, 7) is 4.61. The number of aromatic amines is 1. The van der Waals surface area contributed by atoms with Crippen LogP contribution in [0.5, 0.6) is 0 Å². The van der Waals surface area contributed by atoms with Gasteiger partial charge in [0.1, 0.15) is 6.04 Å². The predicted octanol–water partition coefficient (Wildman–Crippen LogP) is 6.21. The van der Waals surface area contributed by atoms with E-state index < -0.39 is 51.2 Å². The lowest BCUT2D eigenvalue weighted by atomic mass is 10.0. The highest BCUT2D eigenvalue weighted by molar-refractivity contribution is 7.90. The van der Waals surface area contributed by atoms with Gasteiger partial charge in [0.25, 0.3) is 23.6 Å². The fourth-order valence-corrected chi connectivity index (χ4v) is 9.68. The van der Waals surface area contributed by atoms with Crippen LogP contribution in [0.15, 0.2) is 59.5 Å². The van der Waals surface area contributed by atoms with Crippen molar-refractivity contribution in [1.29, 1.82) is 0 Å². The van der Waals surface area contributed by atoms with Gasteiger partial charge in [-0.1, -0.05) is 42.1 Å². The first-order valence-corrected chi connectivity index (χ1v) is 21.5. The van der Waals surface area contributed by atoms with Crippen molar-refractivity contribution < 1.29 is 37.2 Å². The third kappa shape index (κ3) is 8.40. The monoisotopic (exact) mass is 858 g/mol. The third-order valence-corrected chi connectivity index (χ3v) is 13.0. The van der Waals surface area contributed by atoms with Crippen LogP contribution >= 0.6 is 23.2 Å². The van der Waals surface area contributed by atoms with Gasteiger partial charge in [-0.05, 0) is 93.3 Å². The van der Waals surface area contributed by atoms with Crippen LogP contribution in [0.4, 0.5) is 11.4 Å². The Bertz CT molecular complexity index is 2580. The zero-order valence-corrected chi connectivity index (χ0v) is 34.4. The first-order chi connectivity index (χ1) is 28.1. The summed E-state index contributed by atoms with van der Waals surface area (Å²) in [6.07, 6.45) is 5.03. The highest BCUT2D eigenvalue weighted by atomic mass is 35.5. The minimum Gasteiger partial charge on any atom is -0.385 e. The highest BCUT2D eigenvalue weighted by Gasteiger charge is 2.44. The van der Waals surface area contributed by atoms with Gasteiger partial charge in [0.2, 0.25) is 11.8 Å². The number of rotatable bonds is 14. The number of aryl methyl sites for hydroxylation is 1. The third-order valence-electron chi connectivity index (χ3n) is 10.7. The van der Waals surface area contributed by atoms with Gasteiger partial charge in [0.05, 0.1) is 32.9 Å². The minimum absolute atomic E-state index is 0.00227. The molecule has 4 heterocycles. The molecule has 0 saturated carbocycles. The number of H-pyrrole nitrogens is 1. The number of piperidine rings is 1. The van der Waals surface area contributed by atoms with E-state index in [4.69, 9.17) is 23.2 Å². The summed E-state index contributed by atoms with van der Waals surface area (Å²) in [5.41, 5.74) is 4.76. The van der Waals surface area contributed by atoms with Crippen LogP contribution in [0.25, 0.3) is 11.6 Å². The van der Waals surface area contributed by atoms with Gasteiger partial charge in [0.15, 0.2) is 9.84 Å². The Balaban J connectivity index is 0.897. The van der Waals surface area contributed by atoms with E-state index in [1.807, 2.05) is 0 Å². The second kappa shape index (κ2) is 16.8. The Morgan fingerprint density at radius 1 is 0.864 bits per heavy atom. The lowest BCUT2D eigenvalue weighted by Gasteiger charge is -2.27. The van der Waals surface area contributed by atoms with Crippen molar-refractivity contribution in [1.82, 2.24) is 20.5 Å². The number of hydrogen-bond acceptors (Lipinski definition) is 9. The van der Waals surface area contributed by atoms with Crippen LogP contribution in [0.2, 0.25) is 10.0 Å². The number of amides is 6. The molecule has 1 aromatic heterocycles. The molecule has 4 aromatic rings. The number of carbonyl (C=O) groups is 6. The van der Waals surface area contributed by atoms with Crippen molar-refractivity contribution in [3.05, 3.63) is 109 Å².